The standard InChI is InChI=1S/C22H20ClF2N3O/c1-13(2)17-10-21(28-16-5-3-4-15(23)9-16)26-12-18(17)22(29)27-11-14-6-7-19(24)20(25)8-14/h3-10,12-13H,11H2,1-2H3,(H,26,28)(H,27,29). The summed E-state index contributed by atoms with van der Waals surface area (Å²) in [6, 6.07) is 12.6. The van der Waals surface area contributed by atoms with Crippen molar-refractivity contribution in [2.24, 2.45) is 0 Å². The van der Waals surface area contributed by atoms with Crippen molar-refractivity contribution < 1.29 is 13.6 Å². The fourth-order valence-corrected chi connectivity index (χ4v) is 3.04. The molecule has 0 saturated heterocycles. The highest BCUT2D eigenvalue weighted by Crippen LogP contribution is 2.25. The first-order chi connectivity index (χ1) is 13.8. The molecule has 1 heterocycles. The molecule has 0 spiro atoms. The van der Waals surface area contributed by atoms with Gasteiger partial charge in [0.1, 0.15) is 5.82 Å². The van der Waals surface area contributed by atoms with Gasteiger partial charge in [-0.3, -0.25) is 4.79 Å². The molecule has 0 aliphatic rings. The number of nitrogens with zero attached hydrogens (tertiary/aromatic N) is 1. The van der Waals surface area contributed by atoms with Gasteiger partial charge < -0.3 is 10.6 Å². The Bertz CT molecular complexity index is 1040. The van der Waals surface area contributed by atoms with Crippen molar-refractivity contribution in [2.75, 3.05) is 5.32 Å². The molecule has 0 radical (unpaired) electrons. The molecule has 0 bridgehead atoms. The van der Waals surface area contributed by atoms with Gasteiger partial charge in [0.25, 0.3) is 5.91 Å². The number of carbonyl (C=O) groups is 1. The Morgan fingerprint density at radius 3 is 2.59 bits per heavy atom. The average molecular weight is 416 g/mol. The molecule has 3 aromatic rings. The first-order valence-corrected chi connectivity index (χ1v) is 9.46. The minimum Gasteiger partial charge on any atom is -0.348 e. The lowest BCUT2D eigenvalue weighted by molar-refractivity contribution is 0.0949. The SMILES string of the molecule is CC(C)c1cc(Nc2cccc(Cl)c2)ncc1C(=O)NCc1ccc(F)c(F)c1. The number of hydrogen-bond acceptors (Lipinski definition) is 3. The van der Waals surface area contributed by atoms with E-state index in [0.29, 0.717) is 22.0 Å². The van der Waals surface area contributed by atoms with Gasteiger partial charge in [0.05, 0.1) is 5.56 Å². The van der Waals surface area contributed by atoms with Gasteiger partial charge in [-0.15, -0.1) is 0 Å². The molecule has 0 unspecified atom stereocenters. The molecule has 1 amide bonds. The Labute approximate surface area is 172 Å². The quantitative estimate of drug-likeness (QED) is 0.534. The van der Waals surface area contributed by atoms with Crippen molar-refractivity contribution in [3.63, 3.8) is 0 Å². The van der Waals surface area contributed by atoms with Gasteiger partial charge in [0.15, 0.2) is 11.6 Å². The lowest BCUT2D eigenvalue weighted by atomic mass is 9.98. The number of hydrogen-bond donors (Lipinski definition) is 2. The number of amides is 1. The number of halogens is 3. The Hall–Kier alpha value is -2.99. The molecular weight excluding hydrogens is 396 g/mol. The third-order valence-corrected chi connectivity index (χ3v) is 4.57. The molecular formula is C22H20ClF2N3O. The molecule has 0 saturated carbocycles. The number of anilines is 2. The van der Waals surface area contributed by atoms with Crippen LogP contribution in [0.5, 0.6) is 0 Å². The van der Waals surface area contributed by atoms with E-state index in [4.69, 9.17) is 11.6 Å². The molecule has 29 heavy (non-hydrogen) atoms. The molecule has 0 aliphatic carbocycles. The molecule has 2 aromatic carbocycles. The molecule has 150 valence electrons. The fourth-order valence-electron chi connectivity index (χ4n) is 2.85. The summed E-state index contributed by atoms with van der Waals surface area (Å²) >= 11 is 6.01. The summed E-state index contributed by atoms with van der Waals surface area (Å²) < 4.78 is 26.4. The highest BCUT2D eigenvalue weighted by atomic mass is 35.5. The first-order valence-electron chi connectivity index (χ1n) is 9.08. The topological polar surface area (TPSA) is 54.0 Å². The van der Waals surface area contributed by atoms with E-state index >= 15 is 0 Å². The predicted octanol–water partition coefficient (Wildman–Crippen LogP) is 5.81. The largest absolute Gasteiger partial charge is 0.348 e. The van der Waals surface area contributed by atoms with Gasteiger partial charge in [-0.25, -0.2) is 13.8 Å². The Kier molecular flexibility index (Phi) is 6.44. The van der Waals surface area contributed by atoms with Crippen LogP contribution < -0.4 is 10.6 Å². The van der Waals surface area contributed by atoms with Crippen molar-refractivity contribution in [1.82, 2.24) is 10.3 Å². The molecule has 0 fully saturated rings. The average Bonchev–Trinajstić information content (AvgIpc) is 2.68. The number of nitrogens with one attached hydrogen (secondary N) is 2. The third-order valence-electron chi connectivity index (χ3n) is 4.34. The zero-order valence-electron chi connectivity index (χ0n) is 16.0. The van der Waals surface area contributed by atoms with Crippen LogP contribution in [-0.2, 0) is 6.54 Å². The Morgan fingerprint density at radius 2 is 1.90 bits per heavy atom. The summed E-state index contributed by atoms with van der Waals surface area (Å²) in [6.45, 7) is 4.03. The summed E-state index contributed by atoms with van der Waals surface area (Å²) in [5.74, 6) is -1.54. The second kappa shape index (κ2) is 9.01. The molecule has 2 N–H and O–H groups in total. The highest BCUT2D eigenvalue weighted by molar-refractivity contribution is 6.30. The van der Waals surface area contributed by atoms with Gasteiger partial charge in [-0.2, -0.15) is 0 Å². The highest BCUT2D eigenvalue weighted by Gasteiger charge is 2.16. The molecule has 1 aromatic heterocycles. The number of pyridine rings is 1. The van der Waals surface area contributed by atoms with Crippen molar-refractivity contribution >= 4 is 29.0 Å². The second-order valence-corrected chi connectivity index (χ2v) is 7.31. The normalized spacial score (nSPS) is 10.8. The summed E-state index contributed by atoms with van der Waals surface area (Å²) in [7, 11) is 0. The van der Waals surface area contributed by atoms with E-state index < -0.39 is 11.6 Å². The van der Waals surface area contributed by atoms with E-state index in [9.17, 15) is 13.6 Å². The Balaban J connectivity index is 1.77. The van der Waals surface area contributed by atoms with Crippen LogP contribution in [0.2, 0.25) is 5.02 Å². The van der Waals surface area contributed by atoms with Crippen molar-refractivity contribution in [1.29, 1.82) is 0 Å². The van der Waals surface area contributed by atoms with Crippen molar-refractivity contribution in [2.45, 2.75) is 26.3 Å². The van der Waals surface area contributed by atoms with Crippen molar-refractivity contribution in [3.8, 4) is 0 Å². The van der Waals surface area contributed by atoms with E-state index in [1.165, 1.54) is 12.3 Å². The van der Waals surface area contributed by atoms with Crippen LogP contribution in [0.3, 0.4) is 0 Å². The molecule has 0 atom stereocenters. The van der Waals surface area contributed by atoms with Crippen LogP contribution in [0, 0.1) is 11.6 Å². The second-order valence-electron chi connectivity index (χ2n) is 6.88. The van der Waals surface area contributed by atoms with E-state index in [2.05, 4.69) is 15.6 Å². The monoisotopic (exact) mass is 415 g/mol. The zero-order chi connectivity index (χ0) is 21.0. The maximum atomic E-state index is 13.3. The molecule has 7 heteroatoms. The van der Waals surface area contributed by atoms with E-state index in [-0.39, 0.29) is 18.4 Å². The van der Waals surface area contributed by atoms with Crippen LogP contribution in [0.15, 0.2) is 54.7 Å². The number of benzene rings is 2. The van der Waals surface area contributed by atoms with Crippen LogP contribution in [0.4, 0.5) is 20.3 Å². The van der Waals surface area contributed by atoms with Crippen LogP contribution >= 0.6 is 11.6 Å². The minimum absolute atomic E-state index is 0.0712. The van der Waals surface area contributed by atoms with E-state index in [1.54, 1.807) is 12.1 Å². The van der Waals surface area contributed by atoms with Crippen molar-refractivity contribution in [3.05, 3.63) is 88.1 Å². The summed E-state index contributed by atoms with van der Waals surface area (Å²) in [5.41, 5.74) is 2.50. The lowest BCUT2D eigenvalue weighted by Crippen LogP contribution is -2.24. The van der Waals surface area contributed by atoms with Gasteiger partial charge in [-0.05, 0) is 53.4 Å². The van der Waals surface area contributed by atoms with E-state index in [0.717, 1.165) is 23.4 Å². The first kappa shape index (κ1) is 20.7. The van der Waals surface area contributed by atoms with Crippen LogP contribution in [-0.4, -0.2) is 10.9 Å². The number of carbonyl (C=O) groups excluding carboxylic acids is 1. The van der Waals surface area contributed by atoms with Crippen LogP contribution in [0.1, 0.15) is 41.3 Å². The van der Waals surface area contributed by atoms with Gasteiger partial charge in [0.2, 0.25) is 0 Å². The lowest BCUT2D eigenvalue weighted by Gasteiger charge is -2.15. The number of aromatic nitrogens is 1. The van der Waals surface area contributed by atoms with E-state index in [1.807, 2.05) is 32.0 Å². The number of rotatable bonds is 6. The van der Waals surface area contributed by atoms with Gasteiger partial charge >= 0.3 is 0 Å². The maximum Gasteiger partial charge on any atom is 0.253 e. The zero-order valence-corrected chi connectivity index (χ0v) is 16.7. The summed E-state index contributed by atoms with van der Waals surface area (Å²) in [6.07, 6.45) is 1.50. The minimum atomic E-state index is -0.947. The summed E-state index contributed by atoms with van der Waals surface area (Å²) in [5, 5.41) is 6.50. The molecule has 3 rings (SSSR count). The smallest absolute Gasteiger partial charge is 0.253 e. The maximum absolute atomic E-state index is 13.3. The molecule has 0 aliphatic heterocycles. The molecule has 4 nitrogen and oxygen atoms in total. The fraction of sp³-hybridized carbons (Fsp3) is 0.182. The Morgan fingerprint density at radius 1 is 1.10 bits per heavy atom. The predicted molar refractivity (Wildman–Crippen MR) is 111 cm³/mol. The van der Waals surface area contributed by atoms with Crippen LogP contribution in [0.25, 0.3) is 0 Å². The van der Waals surface area contributed by atoms with Gasteiger partial charge in [-0.1, -0.05) is 37.6 Å². The van der Waals surface area contributed by atoms with Gasteiger partial charge in [0, 0.05) is 23.5 Å². The summed E-state index contributed by atoms with van der Waals surface area (Å²) in [4.78, 5) is 17.0. The third kappa shape index (κ3) is 5.29.